The highest BCUT2D eigenvalue weighted by atomic mass is 16.7. The average molecular weight is 514 g/mol. The minimum Gasteiger partial charge on any atom is -0.483 e. The fourth-order valence-corrected chi connectivity index (χ4v) is 3.60. The normalized spacial score (nSPS) is 13.3. The Labute approximate surface area is 214 Å². The van der Waals surface area contributed by atoms with Gasteiger partial charge >= 0.3 is 5.97 Å². The lowest BCUT2D eigenvalue weighted by Crippen LogP contribution is -2.53. The first kappa shape index (κ1) is 27.3. The van der Waals surface area contributed by atoms with Crippen LogP contribution in [0.5, 0.6) is 17.2 Å². The van der Waals surface area contributed by atoms with Crippen LogP contribution >= 0.6 is 0 Å². The molecule has 12 heteroatoms. The summed E-state index contributed by atoms with van der Waals surface area (Å²) in [5, 5.41) is 10.9. The number of carboxylic acid groups (broad SMARTS) is 1. The summed E-state index contributed by atoms with van der Waals surface area (Å²) in [4.78, 5) is 42.0. The number of para-hydroxylation sites is 1. The molecule has 3 rings (SSSR count). The van der Waals surface area contributed by atoms with Gasteiger partial charge in [-0.3, -0.25) is 19.6 Å². The molecule has 1 unspecified atom stereocenters. The van der Waals surface area contributed by atoms with Crippen molar-refractivity contribution in [2.24, 2.45) is 16.5 Å². The maximum Gasteiger partial charge on any atom is 0.328 e. The summed E-state index contributed by atoms with van der Waals surface area (Å²) in [6.45, 7) is 1.94. The van der Waals surface area contributed by atoms with Gasteiger partial charge in [0, 0.05) is 13.1 Å². The lowest BCUT2D eigenvalue weighted by atomic mass is 10.1. The number of guanidine groups is 1. The molecule has 37 heavy (non-hydrogen) atoms. The highest BCUT2D eigenvalue weighted by Crippen LogP contribution is 2.32. The molecule has 2 atom stereocenters. The number of rotatable bonds is 14. The molecule has 1 heterocycles. The molecule has 0 fully saturated rings. The number of aliphatic carboxylic acids is 1. The smallest absolute Gasteiger partial charge is 0.328 e. The number of benzene rings is 2. The Balaban J connectivity index is 1.71. The van der Waals surface area contributed by atoms with Gasteiger partial charge in [0.2, 0.25) is 12.7 Å². The van der Waals surface area contributed by atoms with Gasteiger partial charge in [0.15, 0.2) is 29.3 Å². The second kappa shape index (κ2) is 13.1. The summed E-state index contributed by atoms with van der Waals surface area (Å²) in [5.41, 5.74) is 14.3. The van der Waals surface area contributed by atoms with Crippen LogP contribution in [0, 0.1) is 0 Å². The molecule has 0 aliphatic carbocycles. The number of ketones is 1. The molecule has 12 nitrogen and oxygen atoms in total. The van der Waals surface area contributed by atoms with Gasteiger partial charge < -0.3 is 30.8 Å². The number of hydrogen-bond donors (Lipinski definition) is 4. The Morgan fingerprint density at radius 1 is 1.14 bits per heavy atom. The van der Waals surface area contributed by atoms with Crippen LogP contribution in [0.2, 0.25) is 0 Å². The minimum atomic E-state index is -1.27. The van der Waals surface area contributed by atoms with Gasteiger partial charge in [-0.15, -0.1) is 0 Å². The van der Waals surface area contributed by atoms with E-state index in [-0.39, 0.29) is 32.3 Å². The van der Waals surface area contributed by atoms with E-state index in [1.54, 1.807) is 42.5 Å². The first-order valence-corrected chi connectivity index (χ1v) is 11.7. The van der Waals surface area contributed by atoms with Crippen LogP contribution in [0.4, 0.5) is 0 Å². The lowest BCUT2D eigenvalue weighted by molar-refractivity contribution is -0.155. The average Bonchev–Trinajstić information content (AvgIpc) is 3.33. The molecule has 198 valence electrons. The topological polar surface area (TPSA) is 179 Å². The van der Waals surface area contributed by atoms with Crippen molar-refractivity contribution in [2.75, 3.05) is 13.3 Å². The predicted molar refractivity (Wildman–Crippen MR) is 134 cm³/mol. The second-order valence-electron chi connectivity index (χ2n) is 8.31. The SMILES string of the molecule is CC(Oc1ccccc1)C(=O)CC(=O)N(NCc1ccc2c(c1)OCO2)[C@@H](CCCN=C(N)N)C(=O)O. The molecule has 0 spiro atoms. The third-order valence-electron chi connectivity index (χ3n) is 5.52. The maximum atomic E-state index is 13.2. The van der Waals surface area contributed by atoms with Crippen LogP contribution in [-0.4, -0.2) is 59.2 Å². The number of hydrazine groups is 1. The van der Waals surface area contributed by atoms with Gasteiger partial charge in [-0.2, -0.15) is 0 Å². The molecule has 2 aromatic rings. The summed E-state index contributed by atoms with van der Waals surface area (Å²) in [6, 6.07) is 12.7. The van der Waals surface area contributed by atoms with Gasteiger partial charge in [0.05, 0.1) is 6.42 Å². The van der Waals surface area contributed by atoms with Crippen molar-refractivity contribution in [1.29, 1.82) is 0 Å². The summed E-state index contributed by atoms with van der Waals surface area (Å²) < 4.78 is 16.3. The third-order valence-corrected chi connectivity index (χ3v) is 5.52. The fraction of sp³-hybridized carbons (Fsp3) is 0.360. The van der Waals surface area contributed by atoms with Gasteiger partial charge in [0.1, 0.15) is 11.8 Å². The number of fused-ring (bicyclic) bond motifs is 1. The largest absolute Gasteiger partial charge is 0.483 e. The highest BCUT2D eigenvalue weighted by molar-refractivity contribution is 6.01. The van der Waals surface area contributed by atoms with Crippen LogP contribution in [0.25, 0.3) is 0 Å². The van der Waals surface area contributed by atoms with Crippen LogP contribution in [0.3, 0.4) is 0 Å². The number of carbonyl (C=O) groups is 3. The molecule has 6 N–H and O–H groups in total. The summed E-state index contributed by atoms with van der Waals surface area (Å²) in [7, 11) is 0. The number of amides is 1. The van der Waals surface area contributed by atoms with Gasteiger partial charge in [-0.25, -0.2) is 10.2 Å². The first-order valence-electron chi connectivity index (χ1n) is 11.7. The zero-order valence-corrected chi connectivity index (χ0v) is 20.5. The number of nitrogens with one attached hydrogen (secondary N) is 1. The monoisotopic (exact) mass is 513 g/mol. The zero-order chi connectivity index (χ0) is 26.8. The standard InChI is InChI=1S/C25H31N5O7/c1-16(37-18-6-3-2-4-7-18)20(31)13-23(32)30(19(24(33)34)8-5-11-28-25(26)27)29-14-17-9-10-21-22(12-17)36-15-35-21/h2-4,6-7,9-10,12,16,19,29H,5,8,11,13-15H2,1H3,(H,33,34)(H4,26,27,28)/t16?,19-/m0/s1. The van der Waals surface area contributed by atoms with Crippen LogP contribution < -0.4 is 31.1 Å². The molecular formula is C25H31N5O7. The minimum absolute atomic E-state index is 0.0518. The maximum absolute atomic E-state index is 13.2. The number of nitrogens with zero attached hydrogens (tertiary/aromatic N) is 2. The summed E-state index contributed by atoms with van der Waals surface area (Å²) in [6.07, 6.45) is -1.12. The fourth-order valence-electron chi connectivity index (χ4n) is 3.60. The summed E-state index contributed by atoms with van der Waals surface area (Å²) >= 11 is 0. The molecule has 1 aliphatic rings. The van der Waals surface area contributed by atoms with E-state index in [1.165, 1.54) is 6.92 Å². The van der Waals surface area contributed by atoms with Crippen molar-refractivity contribution in [3.8, 4) is 17.2 Å². The van der Waals surface area contributed by atoms with Gasteiger partial charge in [0.25, 0.3) is 0 Å². The quantitative estimate of drug-likeness (QED) is 0.0942. The Hall–Kier alpha value is -4.32. The molecule has 0 aromatic heterocycles. The van der Waals surface area contributed by atoms with E-state index < -0.39 is 36.2 Å². The lowest BCUT2D eigenvalue weighted by Gasteiger charge is -2.30. The Morgan fingerprint density at radius 3 is 2.57 bits per heavy atom. The molecule has 1 amide bonds. The van der Waals surface area contributed by atoms with Crippen molar-refractivity contribution >= 4 is 23.6 Å². The molecule has 0 saturated carbocycles. The molecule has 0 radical (unpaired) electrons. The van der Waals surface area contributed by atoms with Gasteiger partial charge in [-0.1, -0.05) is 24.3 Å². The van der Waals surface area contributed by atoms with E-state index in [0.29, 0.717) is 23.7 Å². The number of Topliss-reactive ketones (excluding diaryl/α,β-unsaturated/α-hetero) is 1. The Bertz CT molecular complexity index is 1120. The first-order chi connectivity index (χ1) is 17.7. The van der Waals surface area contributed by atoms with E-state index in [4.69, 9.17) is 25.7 Å². The highest BCUT2D eigenvalue weighted by Gasteiger charge is 2.32. The number of nitrogens with two attached hydrogens (primary N) is 2. The number of carboxylic acids is 1. The number of hydrogen-bond acceptors (Lipinski definition) is 8. The molecule has 0 bridgehead atoms. The van der Waals surface area contributed by atoms with Crippen molar-refractivity contribution in [2.45, 2.75) is 44.9 Å². The Kier molecular flexibility index (Phi) is 9.67. The van der Waals surface area contributed by atoms with Crippen molar-refractivity contribution in [3.63, 3.8) is 0 Å². The third kappa shape index (κ3) is 8.10. The van der Waals surface area contributed by atoms with Crippen molar-refractivity contribution in [1.82, 2.24) is 10.4 Å². The second-order valence-corrected chi connectivity index (χ2v) is 8.31. The predicted octanol–water partition coefficient (Wildman–Crippen LogP) is 1.18. The van der Waals surface area contributed by atoms with Crippen LogP contribution in [-0.2, 0) is 20.9 Å². The van der Waals surface area contributed by atoms with Crippen molar-refractivity contribution in [3.05, 3.63) is 54.1 Å². The van der Waals surface area contributed by atoms with Crippen LogP contribution in [0.1, 0.15) is 31.7 Å². The summed E-state index contributed by atoms with van der Waals surface area (Å²) in [5.74, 6) is -0.922. The number of carbonyl (C=O) groups excluding carboxylic acids is 2. The molecule has 2 aromatic carbocycles. The van der Waals surface area contributed by atoms with E-state index in [1.807, 2.05) is 6.07 Å². The van der Waals surface area contributed by atoms with E-state index in [2.05, 4.69) is 10.4 Å². The molecular weight excluding hydrogens is 482 g/mol. The Morgan fingerprint density at radius 2 is 1.86 bits per heavy atom. The molecule has 1 aliphatic heterocycles. The number of ether oxygens (including phenoxy) is 3. The van der Waals surface area contributed by atoms with E-state index in [0.717, 1.165) is 10.6 Å². The van der Waals surface area contributed by atoms with E-state index in [9.17, 15) is 19.5 Å². The zero-order valence-electron chi connectivity index (χ0n) is 20.5. The van der Waals surface area contributed by atoms with Crippen LogP contribution in [0.15, 0.2) is 53.5 Å². The van der Waals surface area contributed by atoms with Crippen molar-refractivity contribution < 1.29 is 33.7 Å². The number of aliphatic imine (C=N–C) groups is 1. The van der Waals surface area contributed by atoms with E-state index >= 15 is 0 Å². The van der Waals surface area contributed by atoms with Gasteiger partial charge in [-0.05, 0) is 49.6 Å². The molecule has 0 saturated heterocycles.